The number of rotatable bonds is 3. The largest absolute Gasteiger partial charge is 0.497 e. The van der Waals surface area contributed by atoms with Gasteiger partial charge in [-0.25, -0.2) is 4.39 Å². The summed E-state index contributed by atoms with van der Waals surface area (Å²) in [6, 6.07) is 4.15. The Balaban J connectivity index is 2.03. The highest BCUT2D eigenvalue weighted by molar-refractivity contribution is 5.94. The zero-order valence-corrected chi connectivity index (χ0v) is 10.2. The van der Waals surface area contributed by atoms with Gasteiger partial charge in [-0.05, 0) is 25.0 Å². The van der Waals surface area contributed by atoms with Crippen molar-refractivity contribution >= 4 is 5.91 Å². The monoisotopic (exact) mass is 253 g/mol. The number of nitrogens with one attached hydrogen (secondary N) is 1. The average molecular weight is 253 g/mol. The maximum atomic E-state index is 13.7. The van der Waals surface area contributed by atoms with Crippen LogP contribution in [0, 0.1) is 5.82 Å². The summed E-state index contributed by atoms with van der Waals surface area (Å²) >= 11 is 0. The van der Waals surface area contributed by atoms with Crippen LogP contribution < -0.4 is 10.1 Å². The molecule has 1 N–H and O–H groups in total. The van der Waals surface area contributed by atoms with E-state index < -0.39 is 11.7 Å². The van der Waals surface area contributed by atoms with Crippen LogP contribution in [-0.4, -0.2) is 32.3 Å². The molecule has 1 aromatic rings. The number of hydrogen-bond donors (Lipinski definition) is 1. The van der Waals surface area contributed by atoms with Gasteiger partial charge in [-0.2, -0.15) is 0 Å². The van der Waals surface area contributed by atoms with E-state index in [9.17, 15) is 9.18 Å². The van der Waals surface area contributed by atoms with Crippen LogP contribution in [-0.2, 0) is 4.74 Å². The third-order valence-electron chi connectivity index (χ3n) is 2.92. The second-order valence-corrected chi connectivity index (χ2v) is 4.23. The van der Waals surface area contributed by atoms with Crippen molar-refractivity contribution in [2.75, 3.05) is 20.3 Å². The summed E-state index contributed by atoms with van der Waals surface area (Å²) in [6.45, 7) is 1.22. The van der Waals surface area contributed by atoms with Gasteiger partial charge in [-0.15, -0.1) is 0 Å². The first kappa shape index (κ1) is 12.8. The van der Waals surface area contributed by atoms with Crippen molar-refractivity contribution in [3.63, 3.8) is 0 Å². The molecule has 0 bridgehead atoms. The minimum absolute atomic E-state index is 0.0290. The van der Waals surface area contributed by atoms with Gasteiger partial charge in [0.2, 0.25) is 0 Å². The van der Waals surface area contributed by atoms with Gasteiger partial charge in [0.05, 0.1) is 25.3 Å². The first-order valence-electron chi connectivity index (χ1n) is 5.93. The highest BCUT2D eigenvalue weighted by atomic mass is 19.1. The van der Waals surface area contributed by atoms with Gasteiger partial charge >= 0.3 is 0 Å². The molecule has 0 aliphatic carbocycles. The van der Waals surface area contributed by atoms with Crippen LogP contribution >= 0.6 is 0 Å². The molecule has 18 heavy (non-hydrogen) atoms. The van der Waals surface area contributed by atoms with Gasteiger partial charge in [0.1, 0.15) is 11.6 Å². The Hall–Kier alpha value is -1.62. The molecule has 0 saturated carbocycles. The predicted molar refractivity (Wildman–Crippen MR) is 64.3 cm³/mol. The number of carbonyl (C=O) groups excluding carboxylic acids is 1. The van der Waals surface area contributed by atoms with Crippen molar-refractivity contribution in [1.29, 1.82) is 0 Å². The summed E-state index contributed by atoms with van der Waals surface area (Å²) in [5.74, 6) is -0.598. The third-order valence-corrected chi connectivity index (χ3v) is 2.92. The molecule has 0 radical (unpaired) electrons. The highest BCUT2D eigenvalue weighted by Crippen LogP contribution is 2.16. The number of methoxy groups -OCH3 is 1. The molecule has 1 heterocycles. The van der Waals surface area contributed by atoms with Crippen LogP contribution in [0.4, 0.5) is 4.39 Å². The molecular formula is C13H16FNO3. The van der Waals surface area contributed by atoms with Gasteiger partial charge < -0.3 is 14.8 Å². The number of carbonyl (C=O) groups is 1. The zero-order valence-electron chi connectivity index (χ0n) is 10.2. The maximum absolute atomic E-state index is 13.7. The van der Waals surface area contributed by atoms with Crippen LogP contribution in [0.3, 0.4) is 0 Å². The van der Waals surface area contributed by atoms with E-state index in [1.807, 2.05) is 0 Å². The molecule has 2 rings (SSSR count). The van der Waals surface area contributed by atoms with Crippen molar-refractivity contribution in [3.8, 4) is 5.75 Å². The molecular weight excluding hydrogens is 237 g/mol. The van der Waals surface area contributed by atoms with E-state index in [1.54, 1.807) is 6.07 Å². The Kier molecular flexibility index (Phi) is 4.15. The van der Waals surface area contributed by atoms with E-state index in [0.29, 0.717) is 12.4 Å². The van der Waals surface area contributed by atoms with Crippen molar-refractivity contribution < 1.29 is 18.7 Å². The molecule has 1 atom stereocenters. The van der Waals surface area contributed by atoms with E-state index in [4.69, 9.17) is 9.47 Å². The molecule has 1 saturated heterocycles. The normalized spacial score (nSPS) is 19.3. The molecule has 1 amide bonds. The second-order valence-electron chi connectivity index (χ2n) is 4.23. The van der Waals surface area contributed by atoms with Gasteiger partial charge in [0.15, 0.2) is 0 Å². The van der Waals surface area contributed by atoms with Crippen molar-refractivity contribution in [1.82, 2.24) is 5.32 Å². The molecule has 1 aliphatic heterocycles. The van der Waals surface area contributed by atoms with E-state index in [2.05, 4.69) is 5.32 Å². The fourth-order valence-electron chi connectivity index (χ4n) is 1.92. The predicted octanol–water partition coefficient (Wildman–Crippen LogP) is 1.74. The Bertz CT molecular complexity index is 430. The highest BCUT2D eigenvalue weighted by Gasteiger charge is 2.19. The van der Waals surface area contributed by atoms with E-state index in [0.717, 1.165) is 19.4 Å². The van der Waals surface area contributed by atoms with E-state index >= 15 is 0 Å². The fourth-order valence-corrected chi connectivity index (χ4v) is 1.92. The lowest BCUT2D eigenvalue weighted by atomic mass is 10.1. The Morgan fingerprint density at radius 1 is 1.56 bits per heavy atom. The van der Waals surface area contributed by atoms with Crippen LogP contribution in [0.2, 0.25) is 0 Å². The van der Waals surface area contributed by atoms with Crippen LogP contribution in [0.15, 0.2) is 18.2 Å². The first-order valence-corrected chi connectivity index (χ1v) is 5.93. The molecule has 1 unspecified atom stereocenters. The molecule has 4 nitrogen and oxygen atoms in total. The Labute approximate surface area is 105 Å². The van der Waals surface area contributed by atoms with Gasteiger partial charge in [-0.1, -0.05) is 0 Å². The molecule has 1 fully saturated rings. The van der Waals surface area contributed by atoms with Gasteiger partial charge in [0.25, 0.3) is 5.91 Å². The SMILES string of the molecule is COc1ccc(C(=O)NC2CCCOC2)c(F)c1. The molecule has 1 aliphatic rings. The molecule has 98 valence electrons. The van der Waals surface area contributed by atoms with Crippen molar-refractivity contribution in [2.45, 2.75) is 18.9 Å². The smallest absolute Gasteiger partial charge is 0.254 e. The number of amides is 1. The Morgan fingerprint density at radius 2 is 2.39 bits per heavy atom. The van der Waals surface area contributed by atoms with E-state index in [1.165, 1.54) is 19.2 Å². The lowest BCUT2D eigenvalue weighted by molar-refractivity contribution is 0.0622. The van der Waals surface area contributed by atoms with Crippen molar-refractivity contribution in [2.24, 2.45) is 0 Å². The second kappa shape index (κ2) is 5.82. The first-order chi connectivity index (χ1) is 8.70. The molecule has 0 aromatic heterocycles. The summed E-state index contributed by atoms with van der Waals surface area (Å²) in [6.07, 6.45) is 1.78. The Morgan fingerprint density at radius 3 is 3.00 bits per heavy atom. The summed E-state index contributed by atoms with van der Waals surface area (Å²) in [5, 5.41) is 2.77. The van der Waals surface area contributed by atoms with Gasteiger partial charge in [0, 0.05) is 12.7 Å². The summed E-state index contributed by atoms with van der Waals surface area (Å²) in [7, 11) is 1.45. The lowest BCUT2D eigenvalue weighted by Gasteiger charge is -2.23. The van der Waals surface area contributed by atoms with Crippen molar-refractivity contribution in [3.05, 3.63) is 29.6 Å². The van der Waals surface area contributed by atoms with E-state index in [-0.39, 0.29) is 11.6 Å². The van der Waals surface area contributed by atoms with Crippen LogP contribution in [0.5, 0.6) is 5.75 Å². The third kappa shape index (κ3) is 2.98. The average Bonchev–Trinajstić information content (AvgIpc) is 2.39. The summed E-state index contributed by atoms with van der Waals surface area (Å²) in [4.78, 5) is 11.9. The number of halogens is 1. The van der Waals surface area contributed by atoms with Gasteiger partial charge in [-0.3, -0.25) is 4.79 Å². The molecule has 1 aromatic carbocycles. The summed E-state index contributed by atoms with van der Waals surface area (Å²) < 4.78 is 23.8. The number of hydrogen-bond acceptors (Lipinski definition) is 3. The fraction of sp³-hybridized carbons (Fsp3) is 0.462. The topological polar surface area (TPSA) is 47.6 Å². The number of benzene rings is 1. The molecule has 0 spiro atoms. The van der Waals surface area contributed by atoms with Crippen LogP contribution in [0.1, 0.15) is 23.2 Å². The zero-order chi connectivity index (χ0) is 13.0. The maximum Gasteiger partial charge on any atom is 0.254 e. The summed E-state index contributed by atoms with van der Waals surface area (Å²) in [5.41, 5.74) is 0.0290. The minimum Gasteiger partial charge on any atom is -0.497 e. The van der Waals surface area contributed by atoms with Crippen LogP contribution in [0.25, 0.3) is 0 Å². The molecule has 5 heteroatoms. The quantitative estimate of drug-likeness (QED) is 0.892. The minimum atomic E-state index is -0.580. The lowest BCUT2D eigenvalue weighted by Crippen LogP contribution is -2.40. The standard InChI is InChI=1S/C13H16FNO3/c1-17-10-4-5-11(12(14)7-10)13(16)15-9-3-2-6-18-8-9/h4-5,7,9H,2-3,6,8H2,1H3,(H,15,16). The number of ether oxygens (including phenoxy) is 2.